The zero-order valence-electron chi connectivity index (χ0n) is 10.8. The second-order valence-corrected chi connectivity index (χ2v) is 4.95. The Labute approximate surface area is 111 Å². The molecule has 0 bridgehead atoms. The van der Waals surface area contributed by atoms with Crippen molar-refractivity contribution in [1.82, 2.24) is 4.90 Å². The lowest BCUT2D eigenvalue weighted by Gasteiger charge is -2.26. The topological polar surface area (TPSA) is 77.8 Å². The van der Waals surface area contributed by atoms with E-state index in [1.54, 1.807) is 0 Å². The minimum absolute atomic E-state index is 0.109. The van der Waals surface area contributed by atoms with E-state index in [4.69, 9.17) is 10.2 Å². The van der Waals surface area contributed by atoms with E-state index in [-0.39, 0.29) is 19.1 Å². The molecule has 1 unspecified atom stereocenters. The molecule has 0 saturated heterocycles. The van der Waals surface area contributed by atoms with Crippen LogP contribution in [-0.2, 0) is 16.0 Å². The average molecular weight is 263 g/mol. The Balaban J connectivity index is 2.27. The Morgan fingerprint density at radius 1 is 1.26 bits per heavy atom. The number of hydrogen-bond acceptors (Lipinski definition) is 3. The van der Waals surface area contributed by atoms with Gasteiger partial charge in [0.1, 0.15) is 0 Å². The molecule has 1 aromatic rings. The van der Waals surface area contributed by atoms with Gasteiger partial charge in [0.25, 0.3) is 0 Å². The molecule has 2 rings (SSSR count). The molecule has 1 atom stereocenters. The second-order valence-electron chi connectivity index (χ2n) is 4.95. The first kappa shape index (κ1) is 13.5. The van der Waals surface area contributed by atoms with Crippen molar-refractivity contribution >= 4 is 11.9 Å². The molecular formula is C14H17NO4. The number of fused-ring (bicyclic) bond motifs is 1. The molecule has 0 heterocycles. The lowest BCUT2D eigenvalue weighted by molar-refractivity contribution is -0.142. The zero-order valence-corrected chi connectivity index (χ0v) is 10.8. The van der Waals surface area contributed by atoms with E-state index >= 15 is 0 Å². The van der Waals surface area contributed by atoms with E-state index in [1.165, 1.54) is 10.5 Å². The zero-order chi connectivity index (χ0) is 14.0. The number of nitrogens with zero attached hydrogens (tertiary/aromatic N) is 1. The quantitative estimate of drug-likeness (QED) is 0.840. The summed E-state index contributed by atoms with van der Waals surface area (Å²) < 4.78 is 0. The van der Waals surface area contributed by atoms with Crippen LogP contribution in [0, 0.1) is 6.92 Å². The van der Waals surface area contributed by atoms with Crippen molar-refractivity contribution in [2.75, 3.05) is 13.1 Å². The van der Waals surface area contributed by atoms with Gasteiger partial charge in [0, 0.05) is 6.04 Å². The molecule has 5 heteroatoms. The first-order valence-corrected chi connectivity index (χ1v) is 6.24. The molecule has 0 aliphatic heterocycles. The standard InChI is InChI=1S/C14H17NO4/c1-9-2-3-10-4-5-12(11(10)6-9)15(7-13(16)17)8-14(18)19/h2-3,6,12H,4-5,7-8H2,1H3,(H,16,17)(H,18,19). The summed E-state index contributed by atoms with van der Waals surface area (Å²) in [5, 5.41) is 17.9. The monoisotopic (exact) mass is 263 g/mol. The maximum absolute atomic E-state index is 10.9. The van der Waals surface area contributed by atoms with Gasteiger partial charge in [-0.25, -0.2) is 0 Å². The molecule has 1 aliphatic rings. The Bertz CT molecular complexity index is 496. The molecule has 102 valence electrons. The molecule has 0 aromatic heterocycles. The minimum Gasteiger partial charge on any atom is -0.480 e. The Hall–Kier alpha value is -1.88. The lowest BCUT2D eigenvalue weighted by Crippen LogP contribution is -2.36. The van der Waals surface area contributed by atoms with Crippen LogP contribution in [0.15, 0.2) is 18.2 Å². The van der Waals surface area contributed by atoms with Gasteiger partial charge in [-0.15, -0.1) is 0 Å². The summed E-state index contributed by atoms with van der Waals surface area (Å²) >= 11 is 0. The third kappa shape index (κ3) is 3.12. The van der Waals surface area contributed by atoms with E-state index in [2.05, 4.69) is 0 Å². The van der Waals surface area contributed by atoms with Crippen LogP contribution in [0.1, 0.15) is 29.2 Å². The van der Waals surface area contributed by atoms with E-state index in [0.29, 0.717) is 0 Å². The molecular weight excluding hydrogens is 246 g/mol. The van der Waals surface area contributed by atoms with Crippen molar-refractivity contribution in [1.29, 1.82) is 0 Å². The highest BCUT2D eigenvalue weighted by atomic mass is 16.4. The highest BCUT2D eigenvalue weighted by Gasteiger charge is 2.30. The van der Waals surface area contributed by atoms with Gasteiger partial charge in [0.15, 0.2) is 0 Å². The molecule has 19 heavy (non-hydrogen) atoms. The van der Waals surface area contributed by atoms with Crippen molar-refractivity contribution in [3.8, 4) is 0 Å². The molecule has 0 saturated carbocycles. The molecule has 2 N–H and O–H groups in total. The van der Waals surface area contributed by atoms with Crippen molar-refractivity contribution in [3.63, 3.8) is 0 Å². The number of hydrogen-bond donors (Lipinski definition) is 2. The number of rotatable bonds is 5. The predicted molar refractivity (Wildman–Crippen MR) is 69.1 cm³/mol. The normalized spacial score (nSPS) is 17.5. The van der Waals surface area contributed by atoms with Crippen LogP contribution in [0.2, 0.25) is 0 Å². The fourth-order valence-electron chi connectivity index (χ4n) is 2.70. The maximum atomic E-state index is 10.9. The summed E-state index contributed by atoms with van der Waals surface area (Å²) in [6, 6.07) is 6.00. The van der Waals surface area contributed by atoms with Gasteiger partial charge in [-0.2, -0.15) is 0 Å². The van der Waals surface area contributed by atoms with E-state index in [9.17, 15) is 9.59 Å². The third-order valence-corrected chi connectivity index (χ3v) is 3.46. The van der Waals surface area contributed by atoms with Crippen LogP contribution >= 0.6 is 0 Å². The van der Waals surface area contributed by atoms with E-state index in [1.807, 2.05) is 25.1 Å². The number of aliphatic carboxylic acids is 2. The van der Waals surface area contributed by atoms with Crippen LogP contribution in [0.3, 0.4) is 0 Å². The van der Waals surface area contributed by atoms with Gasteiger partial charge in [0.2, 0.25) is 0 Å². The van der Waals surface area contributed by atoms with Gasteiger partial charge < -0.3 is 10.2 Å². The highest BCUT2D eigenvalue weighted by molar-refractivity contribution is 5.72. The molecule has 1 aromatic carbocycles. The van der Waals surface area contributed by atoms with Crippen LogP contribution < -0.4 is 0 Å². The molecule has 0 fully saturated rings. The number of benzene rings is 1. The molecule has 0 spiro atoms. The summed E-state index contributed by atoms with van der Waals surface area (Å²) in [4.78, 5) is 23.3. The third-order valence-electron chi connectivity index (χ3n) is 3.46. The van der Waals surface area contributed by atoms with Gasteiger partial charge >= 0.3 is 11.9 Å². The maximum Gasteiger partial charge on any atom is 0.317 e. The van der Waals surface area contributed by atoms with Crippen molar-refractivity contribution in [2.45, 2.75) is 25.8 Å². The second kappa shape index (κ2) is 5.40. The van der Waals surface area contributed by atoms with Gasteiger partial charge in [-0.3, -0.25) is 14.5 Å². The number of carboxylic acid groups (broad SMARTS) is 2. The van der Waals surface area contributed by atoms with Gasteiger partial charge in [-0.1, -0.05) is 23.8 Å². The first-order valence-electron chi connectivity index (χ1n) is 6.24. The van der Waals surface area contributed by atoms with Crippen LogP contribution in [0.25, 0.3) is 0 Å². The summed E-state index contributed by atoms with van der Waals surface area (Å²) in [6.07, 6.45) is 1.65. The number of carboxylic acids is 2. The predicted octanol–water partition coefficient (Wildman–Crippen LogP) is 1.45. The molecule has 1 aliphatic carbocycles. The summed E-state index contributed by atoms with van der Waals surface area (Å²) in [6.45, 7) is 1.49. The van der Waals surface area contributed by atoms with Crippen molar-refractivity contribution in [3.05, 3.63) is 34.9 Å². The van der Waals surface area contributed by atoms with Gasteiger partial charge in [0.05, 0.1) is 13.1 Å². The molecule has 5 nitrogen and oxygen atoms in total. The van der Waals surface area contributed by atoms with E-state index in [0.717, 1.165) is 24.0 Å². The molecule has 0 radical (unpaired) electrons. The number of aryl methyl sites for hydroxylation is 2. The Morgan fingerprint density at radius 2 is 1.89 bits per heavy atom. The van der Waals surface area contributed by atoms with E-state index < -0.39 is 11.9 Å². The fraction of sp³-hybridized carbons (Fsp3) is 0.429. The Kier molecular flexibility index (Phi) is 3.85. The largest absolute Gasteiger partial charge is 0.480 e. The summed E-state index contributed by atoms with van der Waals surface area (Å²) in [5.41, 5.74) is 3.37. The highest BCUT2D eigenvalue weighted by Crippen LogP contribution is 2.36. The lowest BCUT2D eigenvalue weighted by atomic mass is 10.0. The molecule has 0 amide bonds. The minimum atomic E-state index is -0.998. The van der Waals surface area contributed by atoms with Crippen LogP contribution in [0.4, 0.5) is 0 Å². The van der Waals surface area contributed by atoms with Crippen molar-refractivity contribution < 1.29 is 19.8 Å². The van der Waals surface area contributed by atoms with Gasteiger partial charge in [-0.05, 0) is 30.9 Å². The summed E-state index contributed by atoms with van der Waals surface area (Å²) in [5.74, 6) is -2.00. The summed E-state index contributed by atoms with van der Waals surface area (Å²) in [7, 11) is 0. The Morgan fingerprint density at radius 3 is 2.47 bits per heavy atom. The van der Waals surface area contributed by atoms with Crippen LogP contribution in [0.5, 0.6) is 0 Å². The fourth-order valence-corrected chi connectivity index (χ4v) is 2.70. The SMILES string of the molecule is Cc1ccc2c(c1)C(N(CC(=O)O)CC(=O)O)CC2. The first-order chi connectivity index (χ1) is 8.97. The van der Waals surface area contributed by atoms with Crippen LogP contribution in [-0.4, -0.2) is 40.1 Å². The number of carbonyl (C=O) groups is 2. The van der Waals surface area contributed by atoms with Crippen molar-refractivity contribution in [2.24, 2.45) is 0 Å². The smallest absolute Gasteiger partial charge is 0.317 e. The average Bonchev–Trinajstić information content (AvgIpc) is 2.69.